The zero-order valence-corrected chi connectivity index (χ0v) is 14.1. The molecule has 5 heteroatoms. The van der Waals surface area contributed by atoms with Crippen LogP contribution in [-0.2, 0) is 0 Å². The summed E-state index contributed by atoms with van der Waals surface area (Å²) in [5.41, 5.74) is 3.35. The molecule has 0 atom stereocenters. The lowest BCUT2D eigenvalue weighted by Crippen LogP contribution is -2.16. The summed E-state index contributed by atoms with van der Waals surface area (Å²) < 4.78 is 0. The number of thiophene rings is 1. The number of anilines is 3. The van der Waals surface area contributed by atoms with Gasteiger partial charge in [0.1, 0.15) is 10.8 Å². The summed E-state index contributed by atoms with van der Waals surface area (Å²) in [5, 5.41) is 8.19. The highest BCUT2D eigenvalue weighted by molar-refractivity contribution is 7.16. The minimum Gasteiger partial charge on any atom is -0.345 e. The first kappa shape index (κ1) is 15.1. The molecular formula is C17H22N4S. The Balaban J connectivity index is 1.89. The van der Waals surface area contributed by atoms with Crippen LogP contribution in [0.4, 0.5) is 16.4 Å². The van der Waals surface area contributed by atoms with Gasteiger partial charge in [-0.3, -0.25) is 4.99 Å². The molecule has 1 aromatic carbocycles. The van der Waals surface area contributed by atoms with Crippen LogP contribution in [-0.4, -0.2) is 37.9 Å². The third kappa shape index (κ3) is 3.31. The highest BCUT2D eigenvalue weighted by atomic mass is 32.1. The van der Waals surface area contributed by atoms with Gasteiger partial charge in [0.2, 0.25) is 0 Å². The fourth-order valence-electron chi connectivity index (χ4n) is 2.50. The first-order valence-corrected chi connectivity index (χ1v) is 8.38. The van der Waals surface area contributed by atoms with Crippen molar-refractivity contribution in [3.63, 3.8) is 0 Å². The number of nitrogens with zero attached hydrogens (tertiary/aromatic N) is 2. The Morgan fingerprint density at radius 1 is 1.14 bits per heavy atom. The van der Waals surface area contributed by atoms with Gasteiger partial charge < -0.3 is 15.5 Å². The van der Waals surface area contributed by atoms with Gasteiger partial charge in [0, 0.05) is 11.4 Å². The first-order valence-electron chi connectivity index (χ1n) is 7.56. The van der Waals surface area contributed by atoms with Crippen molar-refractivity contribution in [2.24, 2.45) is 4.99 Å². The normalized spacial score (nSPS) is 15.0. The number of rotatable bonds is 4. The quantitative estimate of drug-likeness (QED) is 0.840. The zero-order valence-electron chi connectivity index (χ0n) is 13.3. The third-order valence-electron chi connectivity index (χ3n) is 3.57. The van der Waals surface area contributed by atoms with E-state index in [0.29, 0.717) is 0 Å². The number of aryl methyl sites for hydroxylation is 1. The Labute approximate surface area is 135 Å². The Morgan fingerprint density at radius 3 is 2.59 bits per heavy atom. The molecule has 0 unspecified atom stereocenters. The first-order chi connectivity index (χ1) is 10.6. The average molecular weight is 314 g/mol. The van der Waals surface area contributed by atoms with Crippen LogP contribution in [0.2, 0.25) is 0 Å². The molecule has 0 spiro atoms. The van der Waals surface area contributed by atoms with Crippen LogP contribution in [0.3, 0.4) is 0 Å². The number of fused-ring (bicyclic) bond motifs is 2. The van der Waals surface area contributed by atoms with E-state index in [4.69, 9.17) is 4.99 Å². The van der Waals surface area contributed by atoms with Gasteiger partial charge in [-0.1, -0.05) is 12.1 Å². The number of hydrogen-bond donors (Lipinski definition) is 2. The standard InChI is InChI=1S/C17H22N4S/c1-12-11-13-16(18-9-6-10-21(2)3)19-14-7-4-5-8-15(14)20-17(13)22-12/h4-5,7-8,11,20H,6,9-10H2,1-3H3,(H,18,19). The van der Waals surface area contributed by atoms with Gasteiger partial charge in [-0.15, -0.1) is 11.3 Å². The van der Waals surface area contributed by atoms with Crippen LogP contribution in [0, 0.1) is 6.92 Å². The summed E-state index contributed by atoms with van der Waals surface area (Å²) in [7, 11) is 4.19. The van der Waals surface area contributed by atoms with E-state index in [-0.39, 0.29) is 0 Å². The largest absolute Gasteiger partial charge is 0.345 e. The van der Waals surface area contributed by atoms with Crippen molar-refractivity contribution in [1.29, 1.82) is 0 Å². The number of amidine groups is 1. The summed E-state index contributed by atoms with van der Waals surface area (Å²) in [5.74, 6) is 0.968. The van der Waals surface area contributed by atoms with Gasteiger partial charge in [0.05, 0.1) is 16.9 Å². The van der Waals surface area contributed by atoms with Crippen LogP contribution in [0.15, 0.2) is 35.3 Å². The van der Waals surface area contributed by atoms with Crippen LogP contribution in [0.25, 0.3) is 0 Å². The predicted octanol–water partition coefficient (Wildman–Crippen LogP) is 3.92. The van der Waals surface area contributed by atoms with Crippen molar-refractivity contribution >= 4 is 33.5 Å². The second-order valence-corrected chi connectivity index (χ2v) is 7.04. The van der Waals surface area contributed by atoms with Crippen molar-refractivity contribution in [3.8, 4) is 0 Å². The maximum Gasteiger partial charge on any atom is 0.135 e. The summed E-state index contributed by atoms with van der Waals surface area (Å²) in [6.45, 7) is 4.02. The highest BCUT2D eigenvalue weighted by Gasteiger charge is 2.19. The second-order valence-electron chi connectivity index (χ2n) is 5.78. The fraction of sp³-hybridized carbons (Fsp3) is 0.353. The van der Waals surface area contributed by atoms with Crippen molar-refractivity contribution in [3.05, 3.63) is 40.8 Å². The second kappa shape index (κ2) is 6.50. The molecule has 116 valence electrons. The zero-order chi connectivity index (χ0) is 15.5. The molecule has 1 aromatic heterocycles. The summed E-state index contributed by atoms with van der Waals surface area (Å²) in [6, 6.07) is 10.5. The molecule has 1 aliphatic heterocycles. The highest BCUT2D eigenvalue weighted by Crippen LogP contribution is 2.37. The minimum atomic E-state index is 0.830. The molecule has 0 bridgehead atoms. The Morgan fingerprint density at radius 2 is 1.86 bits per heavy atom. The van der Waals surface area contributed by atoms with Crippen molar-refractivity contribution in [2.45, 2.75) is 13.3 Å². The number of para-hydroxylation sites is 2. The Kier molecular flexibility index (Phi) is 4.45. The fourth-order valence-corrected chi connectivity index (χ4v) is 3.43. The molecule has 0 radical (unpaired) electrons. The van der Waals surface area contributed by atoms with Gasteiger partial charge in [-0.05, 0) is 52.2 Å². The maximum atomic E-state index is 4.81. The van der Waals surface area contributed by atoms with Gasteiger partial charge in [-0.25, -0.2) is 0 Å². The molecule has 1 aliphatic rings. The maximum absolute atomic E-state index is 4.81. The number of nitrogens with one attached hydrogen (secondary N) is 2. The van der Waals surface area contributed by atoms with E-state index in [9.17, 15) is 0 Å². The number of aliphatic imine (C=N–C) groups is 1. The molecule has 3 rings (SSSR count). The lowest BCUT2D eigenvalue weighted by Gasteiger charge is -2.10. The van der Waals surface area contributed by atoms with Crippen molar-refractivity contribution in [1.82, 2.24) is 4.90 Å². The SMILES string of the molecule is Cc1cc2c(s1)Nc1ccccc1NC2=NCCCN(C)C. The molecule has 0 amide bonds. The number of hydrogen-bond acceptors (Lipinski definition) is 4. The molecule has 2 aromatic rings. The van der Waals surface area contributed by atoms with Crippen molar-refractivity contribution < 1.29 is 0 Å². The molecule has 2 heterocycles. The van der Waals surface area contributed by atoms with E-state index in [1.54, 1.807) is 11.3 Å². The molecule has 22 heavy (non-hydrogen) atoms. The van der Waals surface area contributed by atoms with Crippen LogP contribution in [0.1, 0.15) is 16.9 Å². The van der Waals surface area contributed by atoms with Crippen LogP contribution in [0.5, 0.6) is 0 Å². The molecule has 0 saturated carbocycles. The lowest BCUT2D eigenvalue weighted by atomic mass is 10.2. The van der Waals surface area contributed by atoms with Crippen molar-refractivity contribution in [2.75, 3.05) is 37.8 Å². The van der Waals surface area contributed by atoms with Crippen LogP contribution < -0.4 is 10.6 Å². The van der Waals surface area contributed by atoms with E-state index in [1.807, 2.05) is 12.1 Å². The molecule has 0 saturated heterocycles. The van der Waals surface area contributed by atoms with E-state index < -0.39 is 0 Å². The third-order valence-corrected chi connectivity index (χ3v) is 4.54. The number of benzene rings is 1. The summed E-state index contributed by atoms with van der Waals surface area (Å²) in [6.07, 6.45) is 1.06. The van der Waals surface area contributed by atoms with Gasteiger partial charge >= 0.3 is 0 Å². The summed E-state index contributed by atoms with van der Waals surface area (Å²) in [4.78, 5) is 8.30. The topological polar surface area (TPSA) is 39.7 Å². The van der Waals surface area contributed by atoms with E-state index in [1.165, 1.54) is 15.4 Å². The Hall–Kier alpha value is -1.85. The lowest BCUT2D eigenvalue weighted by molar-refractivity contribution is 0.403. The van der Waals surface area contributed by atoms with E-state index in [0.717, 1.165) is 36.7 Å². The molecular weight excluding hydrogens is 292 g/mol. The minimum absolute atomic E-state index is 0.830. The monoisotopic (exact) mass is 314 g/mol. The molecule has 0 aliphatic carbocycles. The summed E-state index contributed by atoms with van der Waals surface area (Å²) >= 11 is 1.77. The predicted molar refractivity (Wildman–Crippen MR) is 97.0 cm³/mol. The van der Waals surface area contributed by atoms with Gasteiger partial charge in [0.25, 0.3) is 0 Å². The average Bonchev–Trinajstić information content (AvgIpc) is 2.77. The molecule has 4 nitrogen and oxygen atoms in total. The molecule has 0 fully saturated rings. The van der Waals surface area contributed by atoms with E-state index in [2.05, 4.69) is 54.8 Å². The smallest absolute Gasteiger partial charge is 0.135 e. The van der Waals surface area contributed by atoms with E-state index >= 15 is 0 Å². The Bertz CT molecular complexity index is 688. The molecule has 2 N–H and O–H groups in total. The van der Waals surface area contributed by atoms with Crippen LogP contribution >= 0.6 is 11.3 Å². The van der Waals surface area contributed by atoms with Gasteiger partial charge in [-0.2, -0.15) is 0 Å². The van der Waals surface area contributed by atoms with Gasteiger partial charge in [0.15, 0.2) is 0 Å².